The van der Waals surface area contributed by atoms with Crippen LogP contribution in [0.25, 0.3) is 0 Å². The highest BCUT2D eigenvalue weighted by Crippen LogP contribution is 2.15. The van der Waals surface area contributed by atoms with Crippen LogP contribution >= 0.6 is 0 Å². The number of rotatable bonds is 8. The average molecular weight is 399 g/mol. The number of ether oxygens (including phenoxy) is 1. The van der Waals surface area contributed by atoms with Crippen LogP contribution in [0.2, 0.25) is 0 Å². The third-order valence-electron chi connectivity index (χ3n) is 4.18. The fraction of sp³-hybridized carbons (Fsp3) is 0.182. The van der Waals surface area contributed by atoms with Gasteiger partial charge in [0.1, 0.15) is 18.2 Å². The lowest BCUT2D eigenvalue weighted by Gasteiger charge is -2.09. The summed E-state index contributed by atoms with van der Waals surface area (Å²) in [6.45, 7) is 2.48. The Morgan fingerprint density at radius 2 is 1.57 bits per heavy atom. The maximum Gasteiger partial charge on any atom is 0.216 e. The molecule has 0 bridgehead atoms. The molecule has 3 rings (SSSR count). The summed E-state index contributed by atoms with van der Waals surface area (Å²) in [5, 5.41) is 0. The van der Waals surface area contributed by atoms with Gasteiger partial charge in [-0.1, -0.05) is 54.1 Å². The maximum absolute atomic E-state index is 12.9. The molecule has 6 heteroatoms. The average Bonchev–Trinajstić information content (AvgIpc) is 2.66. The van der Waals surface area contributed by atoms with Crippen molar-refractivity contribution in [2.24, 2.45) is 0 Å². The molecule has 1 N–H and O–H groups in total. The smallest absolute Gasteiger partial charge is 0.216 e. The van der Waals surface area contributed by atoms with Gasteiger partial charge in [-0.25, -0.2) is 17.5 Å². The molecule has 0 aliphatic heterocycles. The predicted molar refractivity (Wildman–Crippen MR) is 108 cm³/mol. The summed E-state index contributed by atoms with van der Waals surface area (Å²) in [7, 11) is -3.42. The second kappa shape index (κ2) is 8.99. The van der Waals surface area contributed by atoms with E-state index >= 15 is 0 Å². The van der Waals surface area contributed by atoms with Gasteiger partial charge < -0.3 is 4.74 Å². The normalized spacial score (nSPS) is 11.4. The third-order valence-corrected chi connectivity index (χ3v) is 5.48. The van der Waals surface area contributed by atoms with E-state index in [2.05, 4.69) is 4.72 Å². The molecule has 0 amide bonds. The first-order chi connectivity index (χ1) is 13.4. The molecule has 0 saturated carbocycles. The summed E-state index contributed by atoms with van der Waals surface area (Å²) in [5.41, 5.74) is 3.50. The Balaban J connectivity index is 1.51. The van der Waals surface area contributed by atoms with Gasteiger partial charge in [0.05, 0.1) is 5.75 Å². The molecule has 0 spiro atoms. The topological polar surface area (TPSA) is 55.4 Å². The molecule has 3 aromatic carbocycles. The number of halogens is 1. The largest absolute Gasteiger partial charge is 0.489 e. The number of nitrogens with one attached hydrogen (secondary N) is 1. The highest BCUT2D eigenvalue weighted by molar-refractivity contribution is 7.88. The van der Waals surface area contributed by atoms with Crippen LogP contribution in [0.5, 0.6) is 5.75 Å². The number of sulfonamides is 1. The minimum atomic E-state index is -3.42. The number of hydrogen-bond donors (Lipinski definition) is 1. The van der Waals surface area contributed by atoms with Crippen molar-refractivity contribution in [1.29, 1.82) is 0 Å². The second-order valence-electron chi connectivity index (χ2n) is 6.63. The van der Waals surface area contributed by atoms with Crippen molar-refractivity contribution in [2.75, 3.05) is 0 Å². The third kappa shape index (κ3) is 6.18. The van der Waals surface area contributed by atoms with Crippen LogP contribution in [-0.2, 0) is 28.9 Å². The van der Waals surface area contributed by atoms with Crippen LogP contribution in [-0.4, -0.2) is 8.42 Å². The lowest BCUT2D eigenvalue weighted by Crippen LogP contribution is -2.24. The molecular weight excluding hydrogens is 377 g/mol. The van der Waals surface area contributed by atoms with Gasteiger partial charge in [-0.05, 0) is 47.9 Å². The summed E-state index contributed by atoms with van der Waals surface area (Å²) in [4.78, 5) is 0. The molecule has 0 unspecified atom stereocenters. The number of aryl methyl sites for hydroxylation is 1. The van der Waals surface area contributed by atoms with Crippen LogP contribution in [0.4, 0.5) is 4.39 Å². The number of hydrogen-bond acceptors (Lipinski definition) is 3. The minimum absolute atomic E-state index is 0.0481. The van der Waals surface area contributed by atoms with E-state index in [-0.39, 0.29) is 18.1 Å². The van der Waals surface area contributed by atoms with Crippen molar-refractivity contribution >= 4 is 10.0 Å². The Labute approximate surface area is 165 Å². The van der Waals surface area contributed by atoms with E-state index in [0.29, 0.717) is 12.4 Å². The minimum Gasteiger partial charge on any atom is -0.489 e. The van der Waals surface area contributed by atoms with Crippen molar-refractivity contribution in [2.45, 2.75) is 25.8 Å². The summed E-state index contributed by atoms with van der Waals surface area (Å²) < 4.78 is 45.7. The second-order valence-corrected chi connectivity index (χ2v) is 8.44. The molecule has 4 nitrogen and oxygen atoms in total. The number of benzene rings is 3. The lowest BCUT2D eigenvalue weighted by atomic mass is 10.2. The molecule has 146 valence electrons. The van der Waals surface area contributed by atoms with E-state index in [4.69, 9.17) is 4.74 Å². The molecule has 0 saturated heterocycles. The van der Waals surface area contributed by atoms with Crippen molar-refractivity contribution in [3.63, 3.8) is 0 Å². The standard InChI is InChI=1S/C22H22FNO3S/c1-17-3-2-4-20(13-17)16-28(25,26)24-14-18-7-11-22(12-8-18)27-15-19-5-9-21(23)10-6-19/h2-13,24H,14-16H2,1H3. The Kier molecular flexibility index (Phi) is 6.44. The van der Waals surface area contributed by atoms with Gasteiger partial charge in [-0.15, -0.1) is 0 Å². The van der Waals surface area contributed by atoms with Crippen molar-refractivity contribution in [3.05, 3.63) is 101 Å². The van der Waals surface area contributed by atoms with Crippen LogP contribution in [0.1, 0.15) is 22.3 Å². The Morgan fingerprint density at radius 1 is 0.893 bits per heavy atom. The zero-order chi connectivity index (χ0) is 20.0. The van der Waals surface area contributed by atoms with E-state index in [9.17, 15) is 12.8 Å². The monoisotopic (exact) mass is 399 g/mol. The van der Waals surface area contributed by atoms with E-state index in [1.54, 1.807) is 30.3 Å². The van der Waals surface area contributed by atoms with E-state index in [1.165, 1.54) is 12.1 Å². The lowest BCUT2D eigenvalue weighted by molar-refractivity contribution is 0.306. The van der Waals surface area contributed by atoms with E-state index in [1.807, 2.05) is 37.3 Å². The zero-order valence-corrected chi connectivity index (χ0v) is 16.4. The van der Waals surface area contributed by atoms with Crippen LogP contribution in [0.3, 0.4) is 0 Å². The Morgan fingerprint density at radius 3 is 2.25 bits per heavy atom. The predicted octanol–water partition coefficient (Wildman–Crippen LogP) is 4.33. The van der Waals surface area contributed by atoms with Crippen molar-refractivity contribution in [3.8, 4) is 5.75 Å². The summed E-state index contributed by atoms with van der Waals surface area (Å²) in [6, 6.07) is 20.8. The quantitative estimate of drug-likeness (QED) is 0.613. The summed E-state index contributed by atoms with van der Waals surface area (Å²) >= 11 is 0. The van der Waals surface area contributed by atoms with Gasteiger partial charge in [-0.3, -0.25) is 0 Å². The van der Waals surface area contributed by atoms with Gasteiger partial charge in [0.25, 0.3) is 0 Å². The molecule has 0 aromatic heterocycles. The molecule has 0 aliphatic rings. The molecule has 0 fully saturated rings. The van der Waals surface area contributed by atoms with E-state index < -0.39 is 10.0 Å². The molecule has 28 heavy (non-hydrogen) atoms. The fourth-order valence-corrected chi connectivity index (χ4v) is 3.82. The van der Waals surface area contributed by atoms with Gasteiger partial charge in [0, 0.05) is 6.54 Å². The fourth-order valence-electron chi connectivity index (χ4n) is 2.72. The van der Waals surface area contributed by atoms with Crippen LogP contribution in [0.15, 0.2) is 72.8 Å². The van der Waals surface area contributed by atoms with Crippen molar-refractivity contribution < 1.29 is 17.5 Å². The van der Waals surface area contributed by atoms with Crippen LogP contribution in [0, 0.1) is 12.7 Å². The molecular formula is C22H22FNO3S. The molecule has 0 atom stereocenters. The molecule has 0 radical (unpaired) electrons. The van der Waals surface area contributed by atoms with Gasteiger partial charge in [-0.2, -0.15) is 0 Å². The summed E-state index contributed by atoms with van der Waals surface area (Å²) in [6.07, 6.45) is 0. The van der Waals surface area contributed by atoms with Gasteiger partial charge in [0.2, 0.25) is 10.0 Å². The van der Waals surface area contributed by atoms with Gasteiger partial charge >= 0.3 is 0 Å². The Hall–Kier alpha value is -2.70. The summed E-state index contributed by atoms with van der Waals surface area (Å²) in [5.74, 6) is 0.335. The first kappa shape index (κ1) is 20.0. The maximum atomic E-state index is 12.9. The van der Waals surface area contributed by atoms with Gasteiger partial charge in [0.15, 0.2) is 0 Å². The van der Waals surface area contributed by atoms with Crippen LogP contribution < -0.4 is 9.46 Å². The highest BCUT2D eigenvalue weighted by Gasteiger charge is 2.11. The highest BCUT2D eigenvalue weighted by atomic mass is 32.2. The molecule has 3 aromatic rings. The Bertz CT molecular complexity index is 1020. The first-order valence-electron chi connectivity index (χ1n) is 8.89. The SMILES string of the molecule is Cc1cccc(CS(=O)(=O)NCc2ccc(OCc3ccc(F)cc3)cc2)c1. The molecule has 0 heterocycles. The zero-order valence-electron chi connectivity index (χ0n) is 15.6. The van der Waals surface area contributed by atoms with E-state index in [0.717, 1.165) is 22.3 Å². The van der Waals surface area contributed by atoms with Crippen molar-refractivity contribution in [1.82, 2.24) is 4.72 Å². The molecule has 0 aliphatic carbocycles. The first-order valence-corrected chi connectivity index (χ1v) is 10.5.